The summed E-state index contributed by atoms with van der Waals surface area (Å²) in [6, 6.07) is 17.6. The number of ether oxygens (including phenoxy) is 1. The number of carbonyl (C=O) groups is 1. The van der Waals surface area contributed by atoms with E-state index in [2.05, 4.69) is 17.9 Å². The van der Waals surface area contributed by atoms with Gasteiger partial charge in [0, 0.05) is 38.3 Å². The summed E-state index contributed by atoms with van der Waals surface area (Å²) in [6.45, 7) is 6.98. The minimum atomic E-state index is 0.131. The van der Waals surface area contributed by atoms with Gasteiger partial charge in [0.15, 0.2) is 0 Å². The largest absolute Gasteiger partial charge is 0.492 e. The topological polar surface area (TPSA) is 32.8 Å². The van der Waals surface area contributed by atoms with Crippen molar-refractivity contribution in [3.8, 4) is 5.75 Å². The molecule has 2 aromatic carbocycles. The predicted octanol–water partition coefficient (Wildman–Crippen LogP) is 2.83. The Morgan fingerprint density at radius 1 is 0.958 bits per heavy atom. The van der Waals surface area contributed by atoms with Crippen LogP contribution in [0.1, 0.15) is 15.9 Å². The van der Waals surface area contributed by atoms with Crippen LogP contribution in [-0.4, -0.2) is 55.0 Å². The summed E-state index contributed by atoms with van der Waals surface area (Å²) in [5, 5.41) is 0. The molecule has 3 rings (SSSR count). The lowest BCUT2D eigenvalue weighted by Gasteiger charge is -2.34. The Morgan fingerprint density at radius 3 is 2.33 bits per heavy atom. The van der Waals surface area contributed by atoms with Crippen molar-refractivity contribution in [3.63, 3.8) is 0 Å². The molecular formula is C20H24N2O2. The van der Waals surface area contributed by atoms with Crippen LogP contribution >= 0.6 is 0 Å². The van der Waals surface area contributed by atoms with E-state index in [0.29, 0.717) is 6.61 Å². The fourth-order valence-electron chi connectivity index (χ4n) is 2.94. The highest BCUT2D eigenvalue weighted by atomic mass is 16.5. The van der Waals surface area contributed by atoms with Crippen molar-refractivity contribution in [1.82, 2.24) is 9.80 Å². The first kappa shape index (κ1) is 16.5. The zero-order valence-electron chi connectivity index (χ0n) is 14.1. The van der Waals surface area contributed by atoms with E-state index in [1.54, 1.807) is 0 Å². The Kier molecular flexibility index (Phi) is 5.49. The first-order valence-corrected chi connectivity index (χ1v) is 8.49. The van der Waals surface area contributed by atoms with Gasteiger partial charge in [-0.1, -0.05) is 36.4 Å². The van der Waals surface area contributed by atoms with Gasteiger partial charge in [-0.15, -0.1) is 0 Å². The second kappa shape index (κ2) is 7.97. The SMILES string of the molecule is Cc1ccccc1OCCN1CCN(C(=O)c2ccccc2)CC1. The number of hydrogen-bond acceptors (Lipinski definition) is 3. The third kappa shape index (κ3) is 4.15. The van der Waals surface area contributed by atoms with E-state index in [0.717, 1.165) is 49.6 Å². The number of para-hydroxylation sites is 1. The quantitative estimate of drug-likeness (QED) is 0.848. The predicted molar refractivity (Wildman–Crippen MR) is 95.5 cm³/mol. The lowest BCUT2D eigenvalue weighted by molar-refractivity contribution is 0.0620. The number of piperazine rings is 1. The van der Waals surface area contributed by atoms with Crippen molar-refractivity contribution in [1.29, 1.82) is 0 Å². The summed E-state index contributed by atoms with van der Waals surface area (Å²) in [4.78, 5) is 16.7. The van der Waals surface area contributed by atoms with E-state index in [9.17, 15) is 4.79 Å². The Hall–Kier alpha value is -2.33. The van der Waals surface area contributed by atoms with Crippen molar-refractivity contribution in [2.24, 2.45) is 0 Å². The second-order valence-electron chi connectivity index (χ2n) is 6.11. The van der Waals surface area contributed by atoms with Gasteiger partial charge in [0.1, 0.15) is 12.4 Å². The van der Waals surface area contributed by atoms with Gasteiger partial charge in [-0.25, -0.2) is 0 Å². The van der Waals surface area contributed by atoms with Crippen LogP contribution in [0.15, 0.2) is 54.6 Å². The van der Waals surface area contributed by atoms with Gasteiger partial charge in [0.2, 0.25) is 0 Å². The molecule has 0 radical (unpaired) electrons. The molecule has 1 amide bonds. The summed E-state index contributed by atoms with van der Waals surface area (Å²) in [5.41, 5.74) is 1.93. The molecule has 0 spiro atoms. The van der Waals surface area contributed by atoms with Gasteiger partial charge in [-0.2, -0.15) is 0 Å². The third-order valence-corrected chi connectivity index (χ3v) is 4.44. The molecule has 0 bridgehead atoms. The third-order valence-electron chi connectivity index (χ3n) is 4.44. The van der Waals surface area contributed by atoms with Crippen LogP contribution < -0.4 is 4.74 Å². The Bertz CT molecular complexity index is 664. The maximum atomic E-state index is 12.4. The van der Waals surface area contributed by atoms with E-state index < -0.39 is 0 Å². The second-order valence-corrected chi connectivity index (χ2v) is 6.11. The summed E-state index contributed by atoms with van der Waals surface area (Å²) < 4.78 is 5.86. The van der Waals surface area contributed by atoms with Gasteiger partial charge in [-0.05, 0) is 30.7 Å². The molecule has 0 saturated carbocycles. The summed E-state index contributed by atoms with van der Waals surface area (Å²) in [6.07, 6.45) is 0. The smallest absolute Gasteiger partial charge is 0.253 e. The van der Waals surface area contributed by atoms with Gasteiger partial charge in [-0.3, -0.25) is 9.69 Å². The molecule has 1 fully saturated rings. The fourth-order valence-corrected chi connectivity index (χ4v) is 2.94. The van der Waals surface area contributed by atoms with E-state index in [-0.39, 0.29) is 5.91 Å². The fraction of sp³-hybridized carbons (Fsp3) is 0.350. The van der Waals surface area contributed by atoms with E-state index in [1.165, 1.54) is 0 Å². The van der Waals surface area contributed by atoms with E-state index in [1.807, 2.05) is 53.4 Å². The number of carbonyl (C=O) groups excluding carboxylic acids is 1. The number of aryl methyl sites for hydroxylation is 1. The van der Waals surface area contributed by atoms with Crippen molar-refractivity contribution >= 4 is 5.91 Å². The highest BCUT2D eigenvalue weighted by Crippen LogP contribution is 2.16. The molecule has 1 aliphatic heterocycles. The van der Waals surface area contributed by atoms with Crippen molar-refractivity contribution in [3.05, 3.63) is 65.7 Å². The Morgan fingerprint density at radius 2 is 1.62 bits per heavy atom. The zero-order chi connectivity index (χ0) is 16.8. The normalized spacial score (nSPS) is 15.3. The molecule has 0 aliphatic carbocycles. The minimum absolute atomic E-state index is 0.131. The molecule has 1 aliphatic rings. The molecule has 2 aromatic rings. The molecule has 0 unspecified atom stereocenters. The molecule has 1 heterocycles. The molecule has 0 aromatic heterocycles. The number of amides is 1. The van der Waals surface area contributed by atoms with Crippen LogP contribution in [0, 0.1) is 6.92 Å². The summed E-state index contributed by atoms with van der Waals surface area (Å²) in [5.74, 6) is 1.09. The van der Waals surface area contributed by atoms with Crippen LogP contribution in [0.5, 0.6) is 5.75 Å². The van der Waals surface area contributed by atoms with Gasteiger partial charge in [0.05, 0.1) is 0 Å². The highest BCUT2D eigenvalue weighted by Gasteiger charge is 2.21. The molecule has 0 N–H and O–H groups in total. The zero-order valence-corrected chi connectivity index (χ0v) is 14.1. The molecule has 24 heavy (non-hydrogen) atoms. The number of benzene rings is 2. The first-order chi connectivity index (χ1) is 11.7. The molecule has 126 valence electrons. The summed E-state index contributed by atoms with van der Waals surface area (Å²) >= 11 is 0. The first-order valence-electron chi connectivity index (χ1n) is 8.49. The summed E-state index contributed by atoms with van der Waals surface area (Å²) in [7, 11) is 0. The average Bonchev–Trinajstić information content (AvgIpc) is 2.64. The maximum Gasteiger partial charge on any atom is 0.253 e. The van der Waals surface area contributed by atoms with E-state index in [4.69, 9.17) is 4.74 Å². The minimum Gasteiger partial charge on any atom is -0.492 e. The molecule has 1 saturated heterocycles. The lowest BCUT2D eigenvalue weighted by Crippen LogP contribution is -2.49. The van der Waals surface area contributed by atoms with Gasteiger partial charge < -0.3 is 9.64 Å². The average molecular weight is 324 g/mol. The Labute approximate surface area is 143 Å². The molecule has 4 heteroatoms. The van der Waals surface area contributed by atoms with Crippen LogP contribution in [0.3, 0.4) is 0 Å². The number of hydrogen-bond donors (Lipinski definition) is 0. The Balaban J connectivity index is 1.42. The van der Waals surface area contributed by atoms with Crippen LogP contribution in [0.25, 0.3) is 0 Å². The number of rotatable bonds is 5. The standard InChI is InChI=1S/C20H24N2O2/c1-17-7-5-6-10-19(17)24-16-15-21-11-13-22(14-12-21)20(23)18-8-3-2-4-9-18/h2-10H,11-16H2,1H3. The van der Waals surface area contributed by atoms with Gasteiger partial charge >= 0.3 is 0 Å². The highest BCUT2D eigenvalue weighted by molar-refractivity contribution is 5.94. The van der Waals surface area contributed by atoms with Crippen molar-refractivity contribution < 1.29 is 9.53 Å². The molecular weight excluding hydrogens is 300 g/mol. The lowest BCUT2D eigenvalue weighted by atomic mass is 10.2. The van der Waals surface area contributed by atoms with Crippen molar-refractivity contribution in [2.75, 3.05) is 39.3 Å². The van der Waals surface area contributed by atoms with Crippen LogP contribution in [0.2, 0.25) is 0 Å². The van der Waals surface area contributed by atoms with Crippen molar-refractivity contribution in [2.45, 2.75) is 6.92 Å². The monoisotopic (exact) mass is 324 g/mol. The maximum absolute atomic E-state index is 12.4. The van der Waals surface area contributed by atoms with Gasteiger partial charge in [0.25, 0.3) is 5.91 Å². The number of nitrogens with zero attached hydrogens (tertiary/aromatic N) is 2. The van der Waals surface area contributed by atoms with E-state index >= 15 is 0 Å². The van der Waals surface area contributed by atoms with Crippen LogP contribution in [0.4, 0.5) is 0 Å². The molecule has 0 atom stereocenters. The van der Waals surface area contributed by atoms with Crippen LogP contribution in [-0.2, 0) is 0 Å². The molecule has 4 nitrogen and oxygen atoms in total.